The minimum atomic E-state index is 0.727. The number of halogens is 1. The third-order valence-electron chi connectivity index (χ3n) is 3.17. The first kappa shape index (κ1) is 12.4. The third-order valence-corrected chi connectivity index (χ3v) is 3.62. The third kappa shape index (κ3) is 2.42. The van der Waals surface area contributed by atoms with E-state index in [0.29, 0.717) is 0 Å². The van der Waals surface area contributed by atoms with E-state index in [1.807, 2.05) is 24.3 Å². The fourth-order valence-corrected chi connectivity index (χ4v) is 2.60. The van der Waals surface area contributed by atoms with Crippen LogP contribution >= 0.6 is 23.8 Å². The molecule has 3 aromatic rings. The Hall–Kier alpha value is -1.64. The maximum Gasteiger partial charge on any atom is 0.104 e. The molecular formula is C16H12ClNS. The number of aryl methyl sites for hydroxylation is 1. The van der Waals surface area contributed by atoms with Gasteiger partial charge in [0.25, 0.3) is 0 Å². The van der Waals surface area contributed by atoms with E-state index >= 15 is 0 Å². The second-order valence-electron chi connectivity index (χ2n) is 4.60. The Labute approximate surface area is 121 Å². The first-order chi connectivity index (χ1) is 9.13. The number of fused-ring (bicyclic) bond motifs is 1. The molecule has 0 fully saturated rings. The summed E-state index contributed by atoms with van der Waals surface area (Å²) >= 11 is 11.4. The first-order valence-corrected chi connectivity index (χ1v) is 6.82. The zero-order valence-electron chi connectivity index (χ0n) is 10.4. The van der Waals surface area contributed by atoms with Crippen molar-refractivity contribution in [3.8, 4) is 11.1 Å². The normalized spacial score (nSPS) is 10.8. The lowest BCUT2D eigenvalue weighted by atomic mass is 10.0. The van der Waals surface area contributed by atoms with Crippen molar-refractivity contribution < 1.29 is 0 Å². The predicted molar refractivity (Wildman–Crippen MR) is 84.3 cm³/mol. The minimum Gasteiger partial charge on any atom is -0.346 e. The van der Waals surface area contributed by atoms with Gasteiger partial charge in [0, 0.05) is 15.9 Å². The summed E-state index contributed by atoms with van der Waals surface area (Å²) < 4.78 is 0.727. The van der Waals surface area contributed by atoms with Crippen LogP contribution in [0.3, 0.4) is 0 Å². The molecule has 0 aliphatic carbocycles. The van der Waals surface area contributed by atoms with Gasteiger partial charge in [-0.15, -0.1) is 0 Å². The molecule has 94 valence electrons. The molecule has 0 radical (unpaired) electrons. The van der Waals surface area contributed by atoms with Crippen LogP contribution < -0.4 is 0 Å². The van der Waals surface area contributed by atoms with Gasteiger partial charge in [-0.3, -0.25) is 0 Å². The molecule has 0 aliphatic heterocycles. The summed E-state index contributed by atoms with van der Waals surface area (Å²) in [5, 5.41) is 1.82. The van der Waals surface area contributed by atoms with Gasteiger partial charge in [-0.05, 0) is 42.3 Å². The van der Waals surface area contributed by atoms with Gasteiger partial charge < -0.3 is 4.98 Å². The number of benzene rings is 2. The SMILES string of the molecule is Cc1ccc(-c2cc(=S)[nH]c3ccc(Cl)cc23)cc1. The molecule has 0 spiro atoms. The number of aromatic amines is 1. The molecule has 1 nitrogen and oxygen atoms in total. The van der Waals surface area contributed by atoms with Crippen LogP contribution in [-0.4, -0.2) is 4.98 Å². The van der Waals surface area contributed by atoms with Gasteiger partial charge in [0.15, 0.2) is 0 Å². The van der Waals surface area contributed by atoms with Gasteiger partial charge in [0.1, 0.15) is 4.64 Å². The Morgan fingerprint density at radius 3 is 2.47 bits per heavy atom. The zero-order chi connectivity index (χ0) is 13.4. The molecule has 1 aromatic heterocycles. The van der Waals surface area contributed by atoms with Crippen LogP contribution in [0.4, 0.5) is 0 Å². The molecular weight excluding hydrogens is 274 g/mol. The molecule has 0 saturated carbocycles. The van der Waals surface area contributed by atoms with E-state index in [1.54, 1.807) is 0 Å². The molecule has 0 saturated heterocycles. The predicted octanol–water partition coefficient (Wildman–Crippen LogP) is 5.53. The van der Waals surface area contributed by atoms with Crippen molar-refractivity contribution in [3.63, 3.8) is 0 Å². The second kappa shape index (κ2) is 4.80. The summed E-state index contributed by atoms with van der Waals surface area (Å²) in [5.74, 6) is 0. The average Bonchev–Trinajstić information content (AvgIpc) is 2.39. The zero-order valence-corrected chi connectivity index (χ0v) is 12.0. The smallest absolute Gasteiger partial charge is 0.104 e. The molecule has 3 heteroatoms. The molecule has 0 atom stereocenters. The molecule has 3 rings (SSSR count). The molecule has 2 aromatic carbocycles. The quantitative estimate of drug-likeness (QED) is 0.582. The maximum atomic E-state index is 6.10. The lowest BCUT2D eigenvalue weighted by Gasteiger charge is -2.08. The topological polar surface area (TPSA) is 15.8 Å². The number of rotatable bonds is 1. The van der Waals surface area contributed by atoms with E-state index < -0.39 is 0 Å². The number of aromatic nitrogens is 1. The lowest BCUT2D eigenvalue weighted by Crippen LogP contribution is -1.86. The molecule has 1 heterocycles. The highest BCUT2D eigenvalue weighted by Gasteiger charge is 2.05. The standard InChI is InChI=1S/C16H12ClNS/c1-10-2-4-11(5-3-10)13-9-16(19)18-15-7-6-12(17)8-14(13)15/h2-9H,1H3,(H,18,19). The summed E-state index contributed by atoms with van der Waals surface area (Å²) in [7, 11) is 0. The van der Waals surface area contributed by atoms with E-state index in [9.17, 15) is 0 Å². The van der Waals surface area contributed by atoms with Crippen LogP contribution in [0.5, 0.6) is 0 Å². The number of nitrogens with one attached hydrogen (secondary N) is 1. The molecule has 19 heavy (non-hydrogen) atoms. The summed E-state index contributed by atoms with van der Waals surface area (Å²) in [6, 6.07) is 16.2. The fourth-order valence-electron chi connectivity index (χ4n) is 2.20. The van der Waals surface area contributed by atoms with Crippen LogP contribution in [0.2, 0.25) is 5.02 Å². The van der Waals surface area contributed by atoms with Gasteiger partial charge in [-0.25, -0.2) is 0 Å². The lowest BCUT2D eigenvalue weighted by molar-refractivity contribution is 1.37. The Kier molecular flexibility index (Phi) is 3.13. The highest BCUT2D eigenvalue weighted by molar-refractivity contribution is 7.71. The average molecular weight is 286 g/mol. The van der Waals surface area contributed by atoms with Crippen molar-refractivity contribution in [2.24, 2.45) is 0 Å². The van der Waals surface area contributed by atoms with Crippen LogP contribution in [0, 0.1) is 11.6 Å². The fraction of sp³-hybridized carbons (Fsp3) is 0.0625. The monoisotopic (exact) mass is 285 g/mol. The van der Waals surface area contributed by atoms with Crippen LogP contribution in [-0.2, 0) is 0 Å². The van der Waals surface area contributed by atoms with E-state index in [4.69, 9.17) is 23.8 Å². The van der Waals surface area contributed by atoms with Gasteiger partial charge in [-0.2, -0.15) is 0 Å². The van der Waals surface area contributed by atoms with Crippen LogP contribution in [0.1, 0.15) is 5.56 Å². The Balaban J connectivity index is 2.35. The minimum absolute atomic E-state index is 0.727. The number of pyridine rings is 1. The largest absolute Gasteiger partial charge is 0.346 e. The first-order valence-electron chi connectivity index (χ1n) is 6.03. The van der Waals surface area contributed by atoms with Crippen molar-refractivity contribution >= 4 is 34.7 Å². The Bertz CT molecular complexity index is 803. The van der Waals surface area contributed by atoms with Crippen molar-refractivity contribution in [2.75, 3.05) is 0 Å². The summed E-state index contributed by atoms with van der Waals surface area (Å²) in [6.07, 6.45) is 0. The van der Waals surface area contributed by atoms with Gasteiger partial charge in [0.05, 0.1) is 0 Å². The van der Waals surface area contributed by atoms with E-state index in [-0.39, 0.29) is 0 Å². The van der Waals surface area contributed by atoms with Crippen molar-refractivity contribution in [1.82, 2.24) is 4.98 Å². The molecule has 0 unspecified atom stereocenters. The van der Waals surface area contributed by atoms with Crippen LogP contribution in [0.25, 0.3) is 22.0 Å². The molecule has 0 aliphatic rings. The highest BCUT2D eigenvalue weighted by atomic mass is 35.5. The number of hydrogen-bond acceptors (Lipinski definition) is 1. The van der Waals surface area contributed by atoms with Gasteiger partial charge in [0.2, 0.25) is 0 Å². The summed E-state index contributed by atoms with van der Waals surface area (Å²) in [6.45, 7) is 2.08. The number of hydrogen-bond donors (Lipinski definition) is 1. The van der Waals surface area contributed by atoms with Gasteiger partial charge >= 0.3 is 0 Å². The summed E-state index contributed by atoms with van der Waals surface area (Å²) in [4.78, 5) is 3.19. The van der Waals surface area contributed by atoms with Crippen molar-refractivity contribution in [2.45, 2.75) is 6.92 Å². The molecule has 0 bridgehead atoms. The van der Waals surface area contributed by atoms with Crippen molar-refractivity contribution in [3.05, 3.63) is 63.8 Å². The van der Waals surface area contributed by atoms with E-state index in [1.165, 1.54) is 5.56 Å². The highest BCUT2D eigenvalue weighted by Crippen LogP contribution is 2.29. The second-order valence-corrected chi connectivity index (χ2v) is 5.48. The molecule has 1 N–H and O–H groups in total. The van der Waals surface area contributed by atoms with Crippen molar-refractivity contribution in [1.29, 1.82) is 0 Å². The Morgan fingerprint density at radius 1 is 1.00 bits per heavy atom. The van der Waals surface area contributed by atoms with Gasteiger partial charge in [-0.1, -0.05) is 53.6 Å². The maximum absolute atomic E-state index is 6.10. The van der Waals surface area contributed by atoms with Crippen LogP contribution in [0.15, 0.2) is 48.5 Å². The Morgan fingerprint density at radius 2 is 1.74 bits per heavy atom. The van der Waals surface area contributed by atoms with E-state index in [2.05, 4.69) is 36.2 Å². The summed E-state index contributed by atoms with van der Waals surface area (Å²) in [5.41, 5.74) is 4.51. The molecule has 0 amide bonds. The van der Waals surface area contributed by atoms with E-state index in [0.717, 1.165) is 31.7 Å². The number of H-pyrrole nitrogens is 1.